The Labute approximate surface area is 111 Å². The molecule has 1 aliphatic heterocycles. The van der Waals surface area contributed by atoms with Crippen LogP contribution in [0.3, 0.4) is 0 Å². The summed E-state index contributed by atoms with van der Waals surface area (Å²) in [5.74, 6) is 1.50. The highest BCUT2D eigenvalue weighted by molar-refractivity contribution is 5.79. The van der Waals surface area contributed by atoms with Gasteiger partial charge in [0, 0.05) is 39.3 Å². The highest BCUT2D eigenvalue weighted by Gasteiger charge is 2.13. The molecule has 1 aliphatic rings. The molecule has 106 valence electrons. The summed E-state index contributed by atoms with van der Waals surface area (Å²) in [6.07, 6.45) is 0. The topological polar surface area (TPSA) is 48.9 Å². The third kappa shape index (κ3) is 6.21. The van der Waals surface area contributed by atoms with E-state index in [9.17, 15) is 0 Å². The average Bonchev–Trinajstić information content (AvgIpc) is 2.38. The van der Waals surface area contributed by atoms with Crippen LogP contribution in [-0.4, -0.2) is 63.3 Å². The Balaban J connectivity index is 2.28. The molecule has 18 heavy (non-hydrogen) atoms. The number of ether oxygens (including phenoxy) is 1. The Morgan fingerprint density at radius 3 is 2.39 bits per heavy atom. The lowest BCUT2D eigenvalue weighted by molar-refractivity contribution is 0.0323. The predicted molar refractivity (Wildman–Crippen MR) is 76.1 cm³/mol. The van der Waals surface area contributed by atoms with Gasteiger partial charge in [0.05, 0.1) is 13.2 Å². The van der Waals surface area contributed by atoms with Gasteiger partial charge in [-0.3, -0.25) is 9.89 Å². The monoisotopic (exact) mass is 256 g/mol. The van der Waals surface area contributed by atoms with Crippen LogP contribution < -0.4 is 10.6 Å². The fraction of sp³-hybridized carbons (Fsp3) is 0.923. The van der Waals surface area contributed by atoms with Crippen molar-refractivity contribution < 1.29 is 4.74 Å². The lowest BCUT2D eigenvalue weighted by Gasteiger charge is -2.28. The quantitative estimate of drug-likeness (QED) is 0.538. The van der Waals surface area contributed by atoms with Crippen molar-refractivity contribution in [2.45, 2.75) is 20.8 Å². The molecule has 1 rings (SSSR count). The zero-order chi connectivity index (χ0) is 13.2. The molecule has 0 aliphatic carbocycles. The van der Waals surface area contributed by atoms with Crippen molar-refractivity contribution in [3.8, 4) is 0 Å². The van der Waals surface area contributed by atoms with Crippen LogP contribution in [0, 0.1) is 5.92 Å². The van der Waals surface area contributed by atoms with Crippen LogP contribution in [0.25, 0.3) is 0 Å². The number of nitrogens with one attached hydrogen (secondary N) is 2. The summed E-state index contributed by atoms with van der Waals surface area (Å²) < 4.78 is 5.35. The van der Waals surface area contributed by atoms with E-state index >= 15 is 0 Å². The van der Waals surface area contributed by atoms with E-state index < -0.39 is 0 Å². The second-order valence-electron chi connectivity index (χ2n) is 4.77. The summed E-state index contributed by atoms with van der Waals surface area (Å²) in [4.78, 5) is 7.07. The van der Waals surface area contributed by atoms with Gasteiger partial charge >= 0.3 is 0 Å². The molecule has 5 nitrogen and oxygen atoms in total. The molecule has 1 unspecified atom stereocenters. The molecule has 0 aromatic heterocycles. The normalized spacial score (nSPS) is 18.2. The number of rotatable bonds is 6. The summed E-state index contributed by atoms with van der Waals surface area (Å²) in [6, 6.07) is 0. The fourth-order valence-electron chi connectivity index (χ4n) is 2.04. The minimum absolute atomic E-state index is 0.579. The molecule has 0 saturated carbocycles. The maximum atomic E-state index is 5.35. The van der Waals surface area contributed by atoms with Gasteiger partial charge in [-0.25, -0.2) is 0 Å². The molecule has 5 heteroatoms. The Morgan fingerprint density at radius 1 is 1.22 bits per heavy atom. The lowest BCUT2D eigenvalue weighted by atomic mass is 10.1. The van der Waals surface area contributed by atoms with Gasteiger partial charge in [0.15, 0.2) is 5.96 Å². The van der Waals surface area contributed by atoms with Crippen LogP contribution in [0.1, 0.15) is 20.8 Å². The van der Waals surface area contributed by atoms with Gasteiger partial charge in [0.1, 0.15) is 0 Å². The Morgan fingerprint density at radius 2 is 1.83 bits per heavy atom. The number of morpholine rings is 1. The molecule has 0 radical (unpaired) electrons. The van der Waals surface area contributed by atoms with Crippen LogP contribution in [0.15, 0.2) is 4.99 Å². The number of aliphatic imine (C=N–C) groups is 1. The molecule has 2 N–H and O–H groups in total. The van der Waals surface area contributed by atoms with E-state index in [2.05, 4.69) is 41.3 Å². The van der Waals surface area contributed by atoms with Crippen molar-refractivity contribution in [2.75, 3.05) is 52.5 Å². The van der Waals surface area contributed by atoms with Gasteiger partial charge in [-0.05, 0) is 19.8 Å². The van der Waals surface area contributed by atoms with Gasteiger partial charge in [-0.1, -0.05) is 6.92 Å². The predicted octanol–water partition coefficient (Wildman–Crippen LogP) is 0.530. The number of nitrogens with zero attached hydrogens (tertiary/aromatic N) is 2. The molecule has 0 spiro atoms. The van der Waals surface area contributed by atoms with Crippen molar-refractivity contribution in [2.24, 2.45) is 10.9 Å². The minimum Gasteiger partial charge on any atom is -0.379 e. The molecule has 1 atom stereocenters. The summed E-state index contributed by atoms with van der Waals surface area (Å²) >= 11 is 0. The van der Waals surface area contributed by atoms with Crippen LogP contribution in [0.4, 0.5) is 0 Å². The molecule has 1 fully saturated rings. The molecule has 0 aromatic rings. The Kier molecular flexibility index (Phi) is 7.76. The van der Waals surface area contributed by atoms with Gasteiger partial charge in [0.2, 0.25) is 0 Å². The average molecular weight is 256 g/mol. The first-order chi connectivity index (χ1) is 8.76. The first-order valence-corrected chi connectivity index (χ1v) is 7.08. The minimum atomic E-state index is 0.579. The first kappa shape index (κ1) is 15.2. The van der Waals surface area contributed by atoms with Gasteiger partial charge < -0.3 is 15.4 Å². The van der Waals surface area contributed by atoms with Gasteiger partial charge in [-0.15, -0.1) is 0 Å². The summed E-state index contributed by atoms with van der Waals surface area (Å²) in [7, 11) is 0. The van der Waals surface area contributed by atoms with Crippen molar-refractivity contribution >= 4 is 5.96 Å². The third-order valence-electron chi connectivity index (χ3n) is 2.92. The number of hydrogen-bond acceptors (Lipinski definition) is 3. The smallest absolute Gasteiger partial charge is 0.191 e. The van der Waals surface area contributed by atoms with Gasteiger partial charge in [0.25, 0.3) is 0 Å². The third-order valence-corrected chi connectivity index (χ3v) is 2.92. The molecular formula is C13H28N4O. The first-order valence-electron chi connectivity index (χ1n) is 7.08. The highest BCUT2D eigenvalue weighted by atomic mass is 16.5. The molecule has 0 amide bonds. The number of hydrogen-bond donors (Lipinski definition) is 2. The second-order valence-corrected chi connectivity index (χ2v) is 4.77. The van der Waals surface area contributed by atoms with Crippen molar-refractivity contribution in [3.63, 3.8) is 0 Å². The maximum Gasteiger partial charge on any atom is 0.191 e. The largest absolute Gasteiger partial charge is 0.379 e. The van der Waals surface area contributed by atoms with E-state index in [4.69, 9.17) is 4.74 Å². The van der Waals surface area contributed by atoms with E-state index in [0.717, 1.165) is 58.4 Å². The fourth-order valence-corrected chi connectivity index (χ4v) is 2.04. The highest BCUT2D eigenvalue weighted by Crippen LogP contribution is 2.03. The summed E-state index contributed by atoms with van der Waals surface area (Å²) in [5.41, 5.74) is 0. The Bertz CT molecular complexity index is 231. The number of guanidine groups is 1. The summed E-state index contributed by atoms with van der Waals surface area (Å²) in [6.45, 7) is 14.1. The standard InChI is InChI=1S/C13H28N4O/c1-4-14-13(15-5-2)16-10-12(3)11-17-6-8-18-9-7-17/h12H,4-11H2,1-3H3,(H2,14,15,16). The molecular weight excluding hydrogens is 228 g/mol. The van der Waals surface area contributed by atoms with Crippen molar-refractivity contribution in [1.82, 2.24) is 15.5 Å². The second kappa shape index (κ2) is 9.16. The van der Waals surface area contributed by atoms with E-state index in [1.54, 1.807) is 0 Å². The SMILES string of the molecule is CCNC(=NCC(C)CN1CCOCC1)NCC. The van der Waals surface area contributed by atoms with E-state index in [1.807, 2.05) is 0 Å². The lowest BCUT2D eigenvalue weighted by Crippen LogP contribution is -2.40. The van der Waals surface area contributed by atoms with Crippen molar-refractivity contribution in [3.05, 3.63) is 0 Å². The van der Waals surface area contributed by atoms with Crippen LogP contribution in [0.5, 0.6) is 0 Å². The molecule has 0 bridgehead atoms. The van der Waals surface area contributed by atoms with Crippen LogP contribution >= 0.6 is 0 Å². The zero-order valence-electron chi connectivity index (χ0n) is 12.0. The van der Waals surface area contributed by atoms with E-state index in [0.29, 0.717) is 5.92 Å². The molecule has 1 heterocycles. The van der Waals surface area contributed by atoms with E-state index in [-0.39, 0.29) is 0 Å². The van der Waals surface area contributed by atoms with Crippen LogP contribution in [-0.2, 0) is 4.74 Å². The zero-order valence-corrected chi connectivity index (χ0v) is 12.0. The molecule has 0 aromatic carbocycles. The van der Waals surface area contributed by atoms with Crippen LogP contribution in [0.2, 0.25) is 0 Å². The Hall–Kier alpha value is -0.810. The van der Waals surface area contributed by atoms with Gasteiger partial charge in [-0.2, -0.15) is 0 Å². The maximum absolute atomic E-state index is 5.35. The molecule has 1 saturated heterocycles. The summed E-state index contributed by atoms with van der Waals surface area (Å²) in [5, 5.41) is 6.50. The van der Waals surface area contributed by atoms with Crippen molar-refractivity contribution in [1.29, 1.82) is 0 Å². The van der Waals surface area contributed by atoms with E-state index in [1.165, 1.54) is 0 Å².